The molecule has 0 aliphatic heterocycles. The molecule has 0 amide bonds. The largest absolute Gasteiger partial charge is 0.451 e. The molecule has 31 heavy (non-hydrogen) atoms. The number of H-pyrrole nitrogens is 1. The number of carbonyl (C=O) groups is 1. The van der Waals surface area contributed by atoms with E-state index in [0.29, 0.717) is 22.3 Å². The van der Waals surface area contributed by atoms with Gasteiger partial charge in [-0.1, -0.05) is 36.8 Å². The number of esters is 1. The summed E-state index contributed by atoms with van der Waals surface area (Å²) in [5.41, 5.74) is 3.72. The van der Waals surface area contributed by atoms with Crippen molar-refractivity contribution in [3.05, 3.63) is 81.5 Å². The number of aromatic nitrogens is 3. The summed E-state index contributed by atoms with van der Waals surface area (Å²) in [5, 5.41) is 1.32. The average molecular weight is 413 g/mol. The SMILES string of the molecule is C[C@@H](OC(=O)c1c2c(nc3ccccc13)CCCCC2)c1nc2ccccc2c(=O)[nH]1. The lowest BCUT2D eigenvalue weighted by Gasteiger charge is -2.17. The fourth-order valence-corrected chi connectivity index (χ4v) is 4.35. The third-order valence-corrected chi connectivity index (χ3v) is 5.92. The highest BCUT2D eigenvalue weighted by atomic mass is 16.5. The Morgan fingerprint density at radius 3 is 2.42 bits per heavy atom. The molecule has 2 heterocycles. The molecular formula is C25H23N3O3. The van der Waals surface area contributed by atoms with Gasteiger partial charge in [0.25, 0.3) is 5.56 Å². The maximum atomic E-state index is 13.4. The van der Waals surface area contributed by atoms with Crippen LogP contribution < -0.4 is 5.56 Å². The van der Waals surface area contributed by atoms with E-state index in [1.54, 1.807) is 25.1 Å². The summed E-state index contributed by atoms with van der Waals surface area (Å²) < 4.78 is 5.84. The van der Waals surface area contributed by atoms with Gasteiger partial charge in [-0.05, 0) is 56.4 Å². The van der Waals surface area contributed by atoms with Gasteiger partial charge in [-0.15, -0.1) is 0 Å². The van der Waals surface area contributed by atoms with Crippen LogP contribution in [0.15, 0.2) is 53.3 Å². The van der Waals surface area contributed by atoms with Gasteiger partial charge >= 0.3 is 5.97 Å². The second-order valence-electron chi connectivity index (χ2n) is 8.01. The number of fused-ring (bicyclic) bond motifs is 3. The third kappa shape index (κ3) is 3.58. The maximum Gasteiger partial charge on any atom is 0.339 e. The normalized spacial score (nSPS) is 14.7. The first-order chi connectivity index (χ1) is 15.1. The Morgan fingerprint density at radius 2 is 1.61 bits per heavy atom. The van der Waals surface area contributed by atoms with E-state index < -0.39 is 12.1 Å². The number of nitrogens with zero attached hydrogens (tertiary/aromatic N) is 2. The van der Waals surface area contributed by atoms with Crippen LogP contribution in [0.1, 0.15) is 59.7 Å². The number of rotatable bonds is 3. The summed E-state index contributed by atoms with van der Waals surface area (Å²) >= 11 is 0. The molecule has 2 aromatic carbocycles. The van der Waals surface area contributed by atoms with Gasteiger partial charge in [0.05, 0.1) is 22.0 Å². The lowest BCUT2D eigenvalue weighted by molar-refractivity contribution is 0.0321. The van der Waals surface area contributed by atoms with Gasteiger partial charge in [0, 0.05) is 11.1 Å². The maximum absolute atomic E-state index is 13.4. The Labute approximate surface area is 179 Å². The zero-order valence-electron chi connectivity index (χ0n) is 17.4. The molecule has 1 atom stereocenters. The number of hydrogen-bond acceptors (Lipinski definition) is 5. The van der Waals surface area contributed by atoms with Crippen LogP contribution in [-0.4, -0.2) is 20.9 Å². The van der Waals surface area contributed by atoms with Crippen molar-refractivity contribution in [1.82, 2.24) is 15.0 Å². The summed E-state index contributed by atoms with van der Waals surface area (Å²) in [6.45, 7) is 1.73. The molecule has 5 rings (SSSR count). The quantitative estimate of drug-likeness (QED) is 0.390. The van der Waals surface area contributed by atoms with Crippen molar-refractivity contribution < 1.29 is 9.53 Å². The van der Waals surface area contributed by atoms with E-state index in [9.17, 15) is 9.59 Å². The molecule has 1 aliphatic rings. The average Bonchev–Trinajstić information content (AvgIpc) is 3.02. The molecule has 0 unspecified atom stereocenters. The van der Waals surface area contributed by atoms with E-state index in [2.05, 4.69) is 9.97 Å². The summed E-state index contributed by atoms with van der Waals surface area (Å²) in [7, 11) is 0. The van der Waals surface area contributed by atoms with Gasteiger partial charge in [0.15, 0.2) is 11.9 Å². The Kier molecular flexibility index (Phi) is 4.98. The van der Waals surface area contributed by atoms with Crippen molar-refractivity contribution in [1.29, 1.82) is 0 Å². The molecule has 0 bridgehead atoms. The Bertz CT molecular complexity index is 1360. The lowest BCUT2D eigenvalue weighted by atomic mass is 9.97. The zero-order valence-corrected chi connectivity index (χ0v) is 17.4. The number of carbonyl (C=O) groups excluding carboxylic acids is 1. The number of para-hydroxylation sites is 2. The smallest absolute Gasteiger partial charge is 0.339 e. The zero-order chi connectivity index (χ0) is 21.4. The fraction of sp³-hybridized carbons (Fsp3) is 0.280. The van der Waals surface area contributed by atoms with Crippen molar-refractivity contribution in [3.8, 4) is 0 Å². The molecule has 4 aromatic rings. The van der Waals surface area contributed by atoms with Crippen LogP contribution in [0.5, 0.6) is 0 Å². The van der Waals surface area contributed by atoms with Gasteiger partial charge < -0.3 is 9.72 Å². The first-order valence-electron chi connectivity index (χ1n) is 10.7. The van der Waals surface area contributed by atoms with Crippen molar-refractivity contribution in [2.75, 3.05) is 0 Å². The second-order valence-corrected chi connectivity index (χ2v) is 8.01. The molecule has 0 saturated heterocycles. The van der Waals surface area contributed by atoms with Crippen LogP contribution >= 0.6 is 0 Å². The molecule has 1 aliphatic carbocycles. The van der Waals surface area contributed by atoms with E-state index in [4.69, 9.17) is 9.72 Å². The van der Waals surface area contributed by atoms with Gasteiger partial charge in [-0.2, -0.15) is 0 Å². The number of nitrogens with one attached hydrogen (secondary N) is 1. The van der Waals surface area contributed by atoms with Crippen LogP contribution in [0, 0.1) is 0 Å². The molecule has 6 nitrogen and oxygen atoms in total. The first-order valence-corrected chi connectivity index (χ1v) is 10.7. The first kappa shape index (κ1) is 19.4. The van der Waals surface area contributed by atoms with Gasteiger partial charge in [0.1, 0.15) is 0 Å². The Morgan fingerprint density at radius 1 is 0.935 bits per heavy atom. The van der Waals surface area contributed by atoms with Gasteiger partial charge in [-0.25, -0.2) is 9.78 Å². The van der Waals surface area contributed by atoms with Crippen LogP contribution in [0.25, 0.3) is 21.8 Å². The van der Waals surface area contributed by atoms with Gasteiger partial charge in [-0.3, -0.25) is 9.78 Å². The van der Waals surface area contributed by atoms with Crippen LogP contribution in [0.3, 0.4) is 0 Å². The number of aromatic amines is 1. The number of aryl methyl sites for hydroxylation is 1. The van der Waals surface area contributed by atoms with Gasteiger partial charge in [0.2, 0.25) is 0 Å². The molecule has 6 heteroatoms. The Balaban J connectivity index is 1.55. The van der Waals surface area contributed by atoms with E-state index in [0.717, 1.165) is 54.3 Å². The summed E-state index contributed by atoms with van der Waals surface area (Å²) in [4.78, 5) is 37.9. The molecular weight excluding hydrogens is 390 g/mol. The van der Waals surface area contributed by atoms with Crippen LogP contribution in [0.4, 0.5) is 0 Å². The number of ether oxygens (including phenoxy) is 1. The van der Waals surface area contributed by atoms with Crippen molar-refractivity contribution >= 4 is 27.8 Å². The molecule has 2 aromatic heterocycles. The predicted octanol–water partition coefficient (Wildman–Crippen LogP) is 4.66. The summed E-state index contributed by atoms with van der Waals surface area (Å²) in [5.74, 6) is -0.0680. The topological polar surface area (TPSA) is 84.9 Å². The summed E-state index contributed by atoms with van der Waals surface area (Å²) in [6.07, 6.45) is 4.22. The number of pyridine rings is 1. The predicted molar refractivity (Wildman–Crippen MR) is 119 cm³/mol. The molecule has 0 spiro atoms. The molecule has 0 radical (unpaired) electrons. The Hall–Kier alpha value is -3.54. The standard InChI is InChI=1S/C25H23N3O3/c1-15(23-27-21-14-8-6-11-18(21)24(29)28-23)31-25(30)22-16-9-3-2-4-12-19(16)26-20-13-7-5-10-17(20)22/h5-8,10-11,13-15H,2-4,9,12H2,1H3,(H,27,28,29)/t15-/m1/s1. The fourth-order valence-electron chi connectivity index (χ4n) is 4.35. The van der Waals surface area contributed by atoms with Crippen molar-refractivity contribution in [2.45, 2.75) is 45.1 Å². The minimum atomic E-state index is -0.696. The molecule has 0 fully saturated rings. The third-order valence-electron chi connectivity index (χ3n) is 5.92. The van der Waals surface area contributed by atoms with Crippen molar-refractivity contribution in [3.63, 3.8) is 0 Å². The number of benzene rings is 2. The van der Waals surface area contributed by atoms with E-state index in [1.165, 1.54) is 0 Å². The van der Waals surface area contributed by atoms with E-state index >= 15 is 0 Å². The van der Waals surface area contributed by atoms with E-state index in [1.807, 2.05) is 30.3 Å². The lowest BCUT2D eigenvalue weighted by Crippen LogP contribution is -2.19. The molecule has 1 N–H and O–H groups in total. The van der Waals surface area contributed by atoms with Crippen LogP contribution in [0.2, 0.25) is 0 Å². The highest BCUT2D eigenvalue weighted by Crippen LogP contribution is 2.30. The minimum absolute atomic E-state index is 0.244. The highest BCUT2D eigenvalue weighted by Gasteiger charge is 2.25. The van der Waals surface area contributed by atoms with E-state index in [-0.39, 0.29) is 5.56 Å². The minimum Gasteiger partial charge on any atom is -0.451 e. The monoisotopic (exact) mass is 413 g/mol. The second kappa shape index (κ2) is 7.95. The molecule has 0 saturated carbocycles. The van der Waals surface area contributed by atoms with Crippen LogP contribution in [-0.2, 0) is 17.6 Å². The highest BCUT2D eigenvalue weighted by molar-refractivity contribution is 6.05. The summed E-state index contributed by atoms with van der Waals surface area (Å²) in [6, 6.07) is 14.8. The number of hydrogen-bond donors (Lipinski definition) is 1. The van der Waals surface area contributed by atoms with Crippen molar-refractivity contribution in [2.24, 2.45) is 0 Å². The molecule has 156 valence electrons.